The van der Waals surface area contributed by atoms with Gasteiger partial charge < -0.3 is 9.79 Å². The zero-order chi connectivity index (χ0) is 9.03. The molecule has 0 fully saturated rings. The highest BCUT2D eigenvalue weighted by atomic mass is 32.2. The summed E-state index contributed by atoms with van der Waals surface area (Å²) in [6.45, 7) is 0. The average Bonchev–Trinajstić information content (AvgIpc) is 2.02. The van der Waals surface area contributed by atoms with Gasteiger partial charge in [-0.25, -0.2) is 18.5 Å². The molecule has 0 amide bonds. The first kappa shape index (κ1) is 9.63. The predicted octanol–water partition coefficient (Wildman–Crippen LogP) is 0.593. The van der Waals surface area contributed by atoms with Gasteiger partial charge in [-0.05, 0) is 6.07 Å². The van der Waals surface area contributed by atoms with Crippen LogP contribution < -0.4 is 0 Å². The van der Waals surface area contributed by atoms with Gasteiger partial charge in [0.2, 0.25) is 0 Å². The minimum Gasteiger partial charge on any atom is -0.302 e. The smallest absolute Gasteiger partial charge is 0.302 e. The first-order chi connectivity index (χ1) is 5.58. The third-order valence-corrected chi connectivity index (χ3v) is 2.26. The number of nitrogens with zero attached hydrogens (tertiary/aromatic N) is 2. The molecule has 0 aliphatic rings. The van der Waals surface area contributed by atoms with E-state index >= 15 is 0 Å². The van der Waals surface area contributed by atoms with E-state index in [1.54, 1.807) is 0 Å². The largest absolute Gasteiger partial charge is 0.481 e. The molecule has 1 aromatic rings. The molecular weight excluding hydrogens is 203 g/mol. The summed E-state index contributed by atoms with van der Waals surface area (Å²) in [5.41, 5.74) is 0. The molecule has 0 bridgehead atoms. The Hall–Kier alpha value is -0.460. The molecule has 0 radical (unpaired) electrons. The summed E-state index contributed by atoms with van der Waals surface area (Å²) in [5, 5.41) is 0.341. The van der Waals surface area contributed by atoms with Gasteiger partial charge in [-0.15, -0.1) is 0 Å². The Labute approximate surface area is 72.5 Å². The van der Waals surface area contributed by atoms with Crippen molar-refractivity contribution in [2.45, 2.75) is 5.03 Å². The van der Waals surface area contributed by atoms with Crippen LogP contribution in [-0.4, -0.2) is 19.8 Å². The second-order valence-corrected chi connectivity index (χ2v) is 3.86. The Morgan fingerprint density at radius 2 is 2.33 bits per heavy atom. The molecule has 0 spiro atoms. The van der Waals surface area contributed by atoms with Gasteiger partial charge in [0.1, 0.15) is 11.4 Å². The molecule has 1 aromatic heterocycles. The number of aromatic nitrogens is 2. The summed E-state index contributed by atoms with van der Waals surface area (Å²) in [7, 11) is -4.43. The molecule has 8 heteroatoms. The molecule has 6 nitrogen and oxygen atoms in total. The average molecular weight is 208 g/mol. The maximum absolute atomic E-state index is 10.2. The van der Waals surface area contributed by atoms with Crippen LogP contribution in [0.4, 0.5) is 0 Å². The normalized spacial score (nSPS) is 11.5. The van der Waals surface area contributed by atoms with Crippen LogP contribution in [0.2, 0.25) is 0 Å². The lowest BCUT2D eigenvalue weighted by Gasteiger charge is -2.00. The Kier molecular flexibility index (Phi) is 3.19. The first-order valence-corrected chi connectivity index (χ1v) is 5.03. The Morgan fingerprint density at radius 3 is 2.83 bits per heavy atom. The van der Waals surface area contributed by atoms with E-state index in [4.69, 9.17) is 9.79 Å². The van der Waals surface area contributed by atoms with Crippen LogP contribution >= 0.6 is 19.9 Å². The summed E-state index contributed by atoms with van der Waals surface area (Å²) >= 11 is 0.513. The second-order valence-electron chi connectivity index (χ2n) is 1.70. The molecule has 1 rings (SSSR count). The maximum Gasteiger partial charge on any atom is 0.481 e. The lowest BCUT2D eigenvalue weighted by Crippen LogP contribution is -1.82. The fourth-order valence-electron chi connectivity index (χ4n) is 0.415. The summed E-state index contributed by atoms with van der Waals surface area (Å²) in [5.74, 6) is 0. The molecule has 0 aliphatic heterocycles. The molecule has 66 valence electrons. The van der Waals surface area contributed by atoms with E-state index in [0.29, 0.717) is 17.1 Å². The van der Waals surface area contributed by atoms with E-state index in [2.05, 4.69) is 13.9 Å². The van der Waals surface area contributed by atoms with Crippen molar-refractivity contribution >= 4 is 19.9 Å². The zero-order valence-corrected chi connectivity index (χ0v) is 7.40. The number of hydrogen-bond acceptors (Lipinski definition) is 5. The Bertz CT molecular complexity index is 288. The van der Waals surface area contributed by atoms with Gasteiger partial charge in [-0.1, -0.05) is 0 Å². The van der Waals surface area contributed by atoms with Gasteiger partial charge in [-0.3, -0.25) is 0 Å². The SMILES string of the molecule is O=P(O)(O)OSc1ccncn1. The summed E-state index contributed by atoms with van der Waals surface area (Å²) in [6.07, 6.45) is 2.70. The van der Waals surface area contributed by atoms with Crippen LogP contribution in [0.1, 0.15) is 0 Å². The van der Waals surface area contributed by atoms with Crippen molar-refractivity contribution in [2.24, 2.45) is 0 Å². The van der Waals surface area contributed by atoms with Crippen LogP contribution in [-0.2, 0) is 8.54 Å². The molecule has 0 aliphatic carbocycles. The maximum atomic E-state index is 10.2. The van der Waals surface area contributed by atoms with Crippen LogP contribution in [0.5, 0.6) is 0 Å². The number of rotatable bonds is 3. The van der Waals surface area contributed by atoms with Gasteiger partial charge in [0.25, 0.3) is 0 Å². The quantitative estimate of drug-likeness (QED) is 0.426. The molecule has 12 heavy (non-hydrogen) atoms. The molecular formula is C4H5N2O4PS. The van der Waals surface area contributed by atoms with Crippen molar-refractivity contribution in [1.29, 1.82) is 0 Å². The lowest BCUT2D eigenvalue weighted by molar-refractivity contribution is 0.298. The Morgan fingerprint density at radius 1 is 1.58 bits per heavy atom. The predicted molar refractivity (Wildman–Crippen MR) is 41.0 cm³/mol. The third kappa shape index (κ3) is 3.80. The van der Waals surface area contributed by atoms with E-state index in [1.165, 1.54) is 18.6 Å². The zero-order valence-electron chi connectivity index (χ0n) is 5.69. The van der Waals surface area contributed by atoms with Crippen molar-refractivity contribution in [3.05, 3.63) is 18.6 Å². The lowest BCUT2D eigenvalue weighted by atomic mass is 10.7. The minimum absolute atomic E-state index is 0.341. The summed E-state index contributed by atoms with van der Waals surface area (Å²) in [4.78, 5) is 23.9. The molecule has 0 aromatic carbocycles. The standard InChI is InChI=1S/C4H5N2O4PS/c7-11(8,9)10-12-4-1-2-5-3-6-4/h1-3H,(H2,7,8,9). The second kappa shape index (κ2) is 3.97. The first-order valence-electron chi connectivity index (χ1n) is 2.76. The third-order valence-electron chi connectivity index (χ3n) is 0.775. The van der Waals surface area contributed by atoms with Crippen LogP contribution in [0.15, 0.2) is 23.6 Å². The number of phosphoric acid groups is 1. The van der Waals surface area contributed by atoms with Crippen LogP contribution in [0, 0.1) is 0 Å². The summed E-state index contributed by atoms with van der Waals surface area (Å²) < 4.78 is 14.3. The van der Waals surface area contributed by atoms with Gasteiger partial charge in [0.05, 0.1) is 12.0 Å². The molecule has 0 saturated carbocycles. The van der Waals surface area contributed by atoms with Gasteiger partial charge in [-0.2, -0.15) is 0 Å². The molecule has 2 N–H and O–H groups in total. The highest BCUT2D eigenvalue weighted by Gasteiger charge is 2.15. The topological polar surface area (TPSA) is 92.5 Å². The van der Waals surface area contributed by atoms with Crippen molar-refractivity contribution in [3.8, 4) is 0 Å². The van der Waals surface area contributed by atoms with Gasteiger partial charge in [0, 0.05) is 6.20 Å². The fourth-order valence-corrected chi connectivity index (χ4v) is 1.32. The van der Waals surface area contributed by atoms with E-state index in [1.807, 2.05) is 0 Å². The van der Waals surface area contributed by atoms with Crippen LogP contribution in [0.3, 0.4) is 0 Å². The van der Waals surface area contributed by atoms with Crippen molar-refractivity contribution < 1.29 is 18.3 Å². The highest BCUT2D eigenvalue weighted by Crippen LogP contribution is 2.42. The van der Waals surface area contributed by atoms with E-state index in [0.717, 1.165) is 0 Å². The monoisotopic (exact) mass is 208 g/mol. The number of hydrogen-bond donors (Lipinski definition) is 2. The van der Waals surface area contributed by atoms with Gasteiger partial charge >= 0.3 is 7.82 Å². The highest BCUT2D eigenvalue weighted by molar-refractivity contribution is 7.97. The van der Waals surface area contributed by atoms with Crippen molar-refractivity contribution in [3.63, 3.8) is 0 Å². The van der Waals surface area contributed by atoms with Crippen LogP contribution in [0.25, 0.3) is 0 Å². The van der Waals surface area contributed by atoms with Gasteiger partial charge in [0.15, 0.2) is 0 Å². The molecule has 1 heterocycles. The Balaban J connectivity index is 2.50. The van der Waals surface area contributed by atoms with Crippen molar-refractivity contribution in [1.82, 2.24) is 9.97 Å². The van der Waals surface area contributed by atoms with Crippen molar-refractivity contribution in [2.75, 3.05) is 0 Å². The van der Waals surface area contributed by atoms with E-state index in [9.17, 15) is 4.57 Å². The molecule has 0 unspecified atom stereocenters. The minimum atomic E-state index is -4.43. The fraction of sp³-hybridized carbons (Fsp3) is 0. The van der Waals surface area contributed by atoms with E-state index < -0.39 is 7.82 Å². The summed E-state index contributed by atoms with van der Waals surface area (Å²) in [6, 6.07) is 1.47. The molecule has 0 atom stereocenters. The van der Waals surface area contributed by atoms with E-state index in [-0.39, 0.29) is 0 Å². The molecule has 0 saturated heterocycles.